The van der Waals surface area contributed by atoms with Crippen molar-refractivity contribution in [2.45, 2.75) is 31.6 Å². The van der Waals surface area contributed by atoms with Crippen molar-refractivity contribution < 1.29 is 27.9 Å². The van der Waals surface area contributed by atoms with Crippen LogP contribution in [0.2, 0.25) is 0 Å². The fraction of sp³-hybridized carbons (Fsp3) is 0.381. The number of hydrogen-bond donors (Lipinski definition) is 1. The molecule has 0 saturated carbocycles. The van der Waals surface area contributed by atoms with Crippen LogP contribution in [0.1, 0.15) is 24.8 Å². The fourth-order valence-corrected chi connectivity index (χ4v) is 4.06. The molecule has 0 bridgehead atoms. The molecule has 0 amide bonds. The summed E-state index contributed by atoms with van der Waals surface area (Å²) in [6, 6.07) is 13.8. The van der Waals surface area contributed by atoms with Gasteiger partial charge in [-0.15, -0.1) is 0 Å². The first-order valence-electron chi connectivity index (χ1n) is 9.34. The normalized spacial score (nSPS) is 21.8. The van der Waals surface area contributed by atoms with Crippen molar-refractivity contribution in [3.05, 3.63) is 54.1 Å². The van der Waals surface area contributed by atoms with Crippen LogP contribution < -0.4 is 14.4 Å². The lowest BCUT2D eigenvalue weighted by molar-refractivity contribution is -0.538. The minimum absolute atomic E-state index is 0.0710. The maximum absolute atomic E-state index is 12.4. The Hall–Kier alpha value is -2.67. The molecule has 2 aliphatic rings. The number of benzene rings is 2. The number of amidine groups is 1. The smallest absolute Gasteiger partial charge is 0.387 e. The summed E-state index contributed by atoms with van der Waals surface area (Å²) in [7, 11) is 1.61. The molecule has 0 fully saturated rings. The molecule has 0 aromatic heterocycles. The molecule has 4 rings (SSSR count). The van der Waals surface area contributed by atoms with Crippen LogP contribution in [-0.2, 0) is 5.72 Å². The third-order valence-electron chi connectivity index (χ3n) is 5.36. The van der Waals surface area contributed by atoms with Crippen LogP contribution >= 0.6 is 0 Å². The number of halogens is 2. The topological polar surface area (TPSA) is 44.9 Å². The van der Waals surface area contributed by atoms with Crippen molar-refractivity contribution in [1.29, 1.82) is 0 Å². The van der Waals surface area contributed by atoms with E-state index >= 15 is 0 Å². The number of methoxy groups -OCH3 is 1. The summed E-state index contributed by atoms with van der Waals surface area (Å²) in [5.41, 5.74) is 0.194. The van der Waals surface area contributed by atoms with Gasteiger partial charge in [0.25, 0.3) is 11.6 Å². The highest BCUT2D eigenvalue weighted by atomic mass is 19.3. The summed E-state index contributed by atoms with van der Waals surface area (Å²) in [4.78, 5) is 1.95. The molecule has 7 heteroatoms. The van der Waals surface area contributed by atoms with E-state index in [0.717, 1.165) is 43.1 Å². The van der Waals surface area contributed by atoms with Gasteiger partial charge < -0.3 is 14.6 Å². The van der Waals surface area contributed by atoms with Crippen LogP contribution in [-0.4, -0.2) is 42.3 Å². The number of aliphatic hydroxyl groups is 1. The number of nitrogens with zero attached hydrogens (tertiary/aromatic N) is 2. The molecule has 148 valence electrons. The molecule has 28 heavy (non-hydrogen) atoms. The largest absolute Gasteiger partial charge is 0.497 e. The van der Waals surface area contributed by atoms with Crippen molar-refractivity contribution >= 4 is 11.5 Å². The summed E-state index contributed by atoms with van der Waals surface area (Å²) in [6.07, 6.45) is 3.02. The first-order chi connectivity index (χ1) is 13.5. The Morgan fingerprint density at radius 1 is 1.04 bits per heavy atom. The second-order valence-corrected chi connectivity index (χ2v) is 7.05. The molecule has 0 spiro atoms. The van der Waals surface area contributed by atoms with Crippen LogP contribution in [0, 0.1) is 0 Å². The lowest BCUT2D eigenvalue weighted by Gasteiger charge is -2.29. The summed E-state index contributed by atoms with van der Waals surface area (Å²) in [5, 5.41) is 11.7. The van der Waals surface area contributed by atoms with Crippen LogP contribution in [0.15, 0.2) is 48.5 Å². The standard InChI is InChI=1S/C21H23F2N2O3/c1-27-17-11-7-16(8-12-17)25-19-4-2-3-13-24(19)14-21(25,26)15-5-9-18(10-6-15)28-20(22)23/h5-12,20,26H,2-4,13-14H2,1H3/q+1. The third kappa shape index (κ3) is 3.30. The van der Waals surface area contributed by atoms with Gasteiger partial charge in [0.2, 0.25) is 0 Å². The quantitative estimate of drug-likeness (QED) is 0.795. The average Bonchev–Trinajstić information content (AvgIpc) is 3.01. The molecule has 0 saturated heterocycles. The van der Waals surface area contributed by atoms with E-state index in [9.17, 15) is 13.9 Å². The van der Waals surface area contributed by atoms with Crippen molar-refractivity contribution in [2.24, 2.45) is 0 Å². The summed E-state index contributed by atoms with van der Waals surface area (Å²) < 4.78 is 36.8. The van der Waals surface area contributed by atoms with Gasteiger partial charge in [-0.3, -0.25) is 4.58 Å². The van der Waals surface area contributed by atoms with Gasteiger partial charge in [0.1, 0.15) is 17.2 Å². The molecule has 2 aromatic carbocycles. The lowest BCUT2D eigenvalue weighted by atomic mass is 10.0. The van der Waals surface area contributed by atoms with Gasteiger partial charge in [-0.05, 0) is 61.4 Å². The Morgan fingerprint density at radius 2 is 1.71 bits per heavy atom. The Balaban J connectivity index is 1.73. The summed E-state index contributed by atoms with van der Waals surface area (Å²) >= 11 is 0. The predicted molar refractivity (Wildman–Crippen MR) is 101 cm³/mol. The van der Waals surface area contributed by atoms with Crippen molar-refractivity contribution in [2.75, 3.05) is 25.1 Å². The first-order valence-corrected chi connectivity index (χ1v) is 9.34. The van der Waals surface area contributed by atoms with Gasteiger partial charge in [0.15, 0.2) is 6.54 Å². The van der Waals surface area contributed by atoms with E-state index in [0.29, 0.717) is 12.1 Å². The second kappa shape index (κ2) is 7.39. The van der Waals surface area contributed by atoms with E-state index in [4.69, 9.17) is 4.74 Å². The third-order valence-corrected chi connectivity index (χ3v) is 5.36. The van der Waals surface area contributed by atoms with E-state index in [1.165, 1.54) is 12.1 Å². The SMILES string of the molecule is COc1ccc(N2C3=[N+](CCCC3)CC2(O)c2ccc(OC(F)F)cc2)cc1. The van der Waals surface area contributed by atoms with Crippen molar-refractivity contribution in [1.82, 2.24) is 0 Å². The van der Waals surface area contributed by atoms with E-state index in [2.05, 4.69) is 9.31 Å². The minimum atomic E-state index is -2.87. The molecular formula is C21H23F2N2O3+. The summed E-state index contributed by atoms with van der Waals surface area (Å²) in [6.45, 7) is -1.57. The van der Waals surface area contributed by atoms with Crippen LogP contribution in [0.4, 0.5) is 14.5 Å². The molecule has 1 unspecified atom stereocenters. The van der Waals surface area contributed by atoms with Crippen LogP contribution in [0.3, 0.4) is 0 Å². The lowest BCUT2D eigenvalue weighted by Crippen LogP contribution is -2.47. The highest BCUT2D eigenvalue weighted by Crippen LogP contribution is 2.39. The Bertz CT molecular complexity index is 868. The maximum Gasteiger partial charge on any atom is 0.387 e. The monoisotopic (exact) mass is 389 g/mol. The average molecular weight is 389 g/mol. The first kappa shape index (κ1) is 18.7. The maximum atomic E-state index is 12.4. The van der Waals surface area contributed by atoms with Gasteiger partial charge in [0.05, 0.1) is 13.7 Å². The van der Waals surface area contributed by atoms with Gasteiger partial charge in [-0.1, -0.05) is 0 Å². The predicted octanol–water partition coefficient (Wildman–Crippen LogP) is 3.56. The molecule has 0 aliphatic carbocycles. The van der Waals surface area contributed by atoms with Crippen molar-refractivity contribution in [3.63, 3.8) is 0 Å². The summed E-state index contributed by atoms with van der Waals surface area (Å²) in [5.74, 6) is 1.89. The van der Waals surface area contributed by atoms with E-state index in [1.807, 2.05) is 29.2 Å². The van der Waals surface area contributed by atoms with E-state index in [1.54, 1.807) is 19.2 Å². The highest BCUT2D eigenvalue weighted by Gasteiger charge is 2.54. The highest BCUT2D eigenvalue weighted by molar-refractivity contribution is 5.97. The van der Waals surface area contributed by atoms with E-state index in [-0.39, 0.29) is 5.75 Å². The molecule has 5 nitrogen and oxygen atoms in total. The minimum Gasteiger partial charge on any atom is -0.497 e. The Morgan fingerprint density at radius 3 is 2.36 bits per heavy atom. The zero-order valence-electron chi connectivity index (χ0n) is 15.6. The van der Waals surface area contributed by atoms with Gasteiger partial charge in [-0.25, -0.2) is 0 Å². The molecule has 1 N–H and O–H groups in total. The van der Waals surface area contributed by atoms with Crippen molar-refractivity contribution in [3.8, 4) is 11.5 Å². The Kier molecular flexibility index (Phi) is 4.93. The second-order valence-electron chi connectivity index (χ2n) is 7.05. The van der Waals surface area contributed by atoms with Crippen LogP contribution in [0.25, 0.3) is 0 Å². The van der Waals surface area contributed by atoms with Crippen LogP contribution in [0.5, 0.6) is 11.5 Å². The molecule has 2 aliphatic heterocycles. The number of ether oxygens (including phenoxy) is 2. The number of rotatable bonds is 5. The van der Waals surface area contributed by atoms with E-state index < -0.39 is 12.3 Å². The molecule has 2 aromatic rings. The van der Waals surface area contributed by atoms with Gasteiger partial charge in [0, 0.05) is 12.0 Å². The Labute approximate surface area is 162 Å². The number of hydrogen-bond acceptors (Lipinski definition) is 4. The molecule has 2 heterocycles. The molecular weight excluding hydrogens is 366 g/mol. The van der Waals surface area contributed by atoms with Gasteiger partial charge in [-0.2, -0.15) is 13.7 Å². The number of anilines is 1. The molecule has 0 radical (unpaired) electrons. The van der Waals surface area contributed by atoms with Gasteiger partial charge >= 0.3 is 6.61 Å². The molecule has 1 atom stereocenters. The zero-order valence-corrected chi connectivity index (χ0v) is 15.6. The fourth-order valence-electron chi connectivity index (χ4n) is 4.06. The zero-order chi connectivity index (χ0) is 19.7. The number of alkyl halides is 2.